The number of alkyl halides is 3. The first-order chi connectivity index (χ1) is 18.2. The third-order valence-electron chi connectivity index (χ3n) is 8.76. The third-order valence-corrected chi connectivity index (χ3v) is 8.76. The lowest BCUT2D eigenvalue weighted by molar-refractivity contribution is -0.138. The van der Waals surface area contributed by atoms with E-state index in [1.54, 1.807) is 18.5 Å². The Morgan fingerprint density at radius 2 is 2.03 bits per heavy atom. The highest BCUT2D eigenvalue weighted by Gasteiger charge is 2.47. The number of carbonyl (C=O) groups is 1. The largest absolute Gasteiger partial charge is 0.416 e. The maximum Gasteiger partial charge on any atom is 0.416 e. The van der Waals surface area contributed by atoms with Gasteiger partial charge in [-0.2, -0.15) is 13.2 Å². The molecule has 198 valence electrons. The van der Waals surface area contributed by atoms with Gasteiger partial charge in [-0.05, 0) is 66.3 Å². The van der Waals surface area contributed by atoms with Gasteiger partial charge in [-0.25, -0.2) is 0 Å². The second-order valence-electron chi connectivity index (χ2n) is 11.2. The van der Waals surface area contributed by atoms with Crippen molar-refractivity contribution in [1.29, 1.82) is 0 Å². The lowest BCUT2D eigenvalue weighted by atomic mass is 9.75. The zero-order valence-electron chi connectivity index (χ0n) is 21.0. The number of aryl methyl sites for hydroxylation is 1. The molecule has 0 radical (unpaired) electrons. The number of hydrogen-bond donors (Lipinski definition) is 0. The van der Waals surface area contributed by atoms with Gasteiger partial charge in [-0.15, -0.1) is 10.2 Å². The smallest absolute Gasteiger partial charge is 0.379 e. The van der Waals surface area contributed by atoms with Gasteiger partial charge in [0.15, 0.2) is 0 Å². The van der Waals surface area contributed by atoms with Crippen LogP contribution < -0.4 is 4.90 Å². The van der Waals surface area contributed by atoms with Crippen molar-refractivity contribution in [1.82, 2.24) is 19.7 Å². The number of halogens is 3. The molecular weight excluding hydrogens is 495 g/mol. The van der Waals surface area contributed by atoms with Gasteiger partial charge in [0.25, 0.3) is 5.91 Å². The van der Waals surface area contributed by atoms with E-state index in [-0.39, 0.29) is 29.0 Å². The summed E-state index contributed by atoms with van der Waals surface area (Å²) in [7, 11) is 1.89. The number of amides is 1. The fraction of sp³-hybridized carbons (Fsp3) is 0.464. The first-order valence-corrected chi connectivity index (χ1v) is 13.0. The molecule has 3 aromatic rings. The Labute approximate surface area is 218 Å². The topological polar surface area (TPSA) is 63.5 Å². The number of ether oxygens (including phenoxy) is 1. The van der Waals surface area contributed by atoms with Crippen LogP contribution in [0.1, 0.15) is 51.3 Å². The van der Waals surface area contributed by atoms with Crippen LogP contribution in [0.25, 0.3) is 0 Å². The van der Waals surface area contributed by atoms with E-state index in [2.05, 4.69) is 15.1 Å². The molecule has 38 heavy (non-hydrogen) atoms. The number of rotatable bonds is 6. The van der Waals surface area contributed by atoms with Gasteiger partial charge >= 0.3 is 6.18 Å². The van der Waals surface area contributed by atoms with E-state index in [9.17, 15) is 18.0 Å². The Kier molecular flexibility index (Phi) is 5.26. The van der Waals surface area contributed by atoms with Crippen LogP contribution in [0, 0.1) is 5.92 Å². The molecule has 1 amide bonds. The molecule has 7 nitrogen and oxygen atoms in total. The van der Waals surface area contributed by atoms with Crippen molar-refractivity contribution < 1.29 is 22.7 Å². The zero-order valence-corrected chi connectivity index (χ0v) is 21.0. The number of piperidine rings is 1. The van der Waals surface area contributed by atoms with Crippen LogP contribution in [0.4, 0.5) is 18.9 Å². The Hall–Kier alpha value is -3.24. The summed E-state index contributed by atoms with van der Waals surface area (Å²) in [6.07, 6.45) is -0.0363. The van der Waals surface area contributed by atoms with E-state index in [0.717, 1.165) is 30.8 Å². The first-order valence-electron chi connectivity index (χ1n) is 13.0. The molecule has 2 atom stereocenters. The molecule has 3 aliphatic heterocycles. The maximum atomic E-state index is 14.2. The average Bonchev–Trinajstić information content (AvgIpc) is 3.18. The van der Waals surface area contributed by atoms with Crippen molar-refractivity contribution in [2.45, 2.75) is 50.0 Å². The van der Waals surface area contributed by atoms with E-state index in [1.165, 1.54) is 11.0 Å². The fourth-order valence-corrected chi connectivity index (χ4v) is 6.43. The summed E-state index contributed by atoms with van der Waals surface area (Å²) in [6.45, 7) is 2.24. The fourth-order valence-electron chi connectivity index (χ4n) is 6.43. The summed E-state index contributed by atoms with van der Waals surface area (Å²) in [5.41, 5.74) is 1.31. The lowest BCUT2D eigenvalue weighted by Gasteiger charge is -2.42. The summed E-state index contributed by atoms with van der Waals surface area (Å²) in [4.78, 5) is 17.3. The highest BCUT2D eigenvalue weighted by atomic mass is 19.4. The summed E-state index contributed by atoms with van der Waals surface area (Å²) in [5, 5.41) is 8.18. The molecule has 7 rings (SSSR count). The predicted molar refractivity (Wildman–Crippen MR) is 133 cm³/mol. The van der Waals surface area contributed by atoms with E-state index in [0.29, 0.717) is 49.4 Å². The number of hydrogen-bond acceptors (Lipinski definition) is 5. The molecule has 1 saturated carbocycles. The third kappa shape index (κ3) is 3.84. The molecule has 2 aromatic carbocycles. The summed E-state index contributed by atoms with van der Waals surface area (Å²) in [6, 6.07) is 11.0. The molecule has 0 N–H and O–H groups in total. The van der Waals surface area contributed by atoms with Crippen molar-refractivity contribution >= 4 is 11.6 Å². The van der Waals surface area contributed by atoms with Crippen molar-refractivity contribution in [3.05, 3.63) is 76.4 Å². The number of anilines is 1. The molecule has 10 heteroatoms. The van der Waals surface area contributed by atoms with Gasteiger partial charge in [0.2, 0.25) is 0 Å². The predicted octanol–water partition coefficient (Wildman–Crippen LogP) is 4.10. The number of benzene rings is 2. The van der Waals surface area contributed by atoms with Gasteiger partial charge in [0.1, 0.15) is 12.2 Å². The Bertz CT molecular complexity index is 1430. The summed E-state index contributed by atoms with van der Waals surface area (Å²) >= 11 is 0. The van der Waals surface area contributed by atoms with Crippen LogP contribution in [0.2, 0.25) is 0 Å². The number of likely N-dealkylation sites (tertiary alicyclic amines) is 1. The Morgan fingerprint density at radius 3 is 2.66 bits per heavy atom. The quantitative estimate of drug-likeness (QED) is 0.487. The number of carbonyl (C=O) groups excluding carboxylic acids is 1. The van der Waals surface area contributed by atoms with Crippen molar-refractivity contribution in [2.24, 2.45) is 13.0 Å². The highest BCUT2D eigenvalue weighted by molar-refractivity contribution is 6.10. The van der Waals surface area contributed by atoms with E-state index in [1.807, 2.05) is 29.8 Å². The van der Waals surface area contributed by atoms with Gasteiger partial charge in [0, 0.05) is 42.7 Å². The minimum atomic E-state index is -4.53. The second-order valence-corrected chi connectivity index (χ2v) is 11.2. The Balaban J connectivity index is 1.20. The van der Waals surface area contributed by atoms with Crippen LogP contribution in [0.3, 0.4) is 0 Å². The van der Waals surface area contributed by atoms with Crippen LogP contribution in [0.15, 0.2) is 42.7 Å². The SMILES string of the molecule is Cn1cnnc1CC1(c2cccc(N3Cc4c(cc(CN5CC[C@H]6C[C@H]65)cc4C(F)(F)F)C3=O)c2)COC1. The highest BCUT2D eigenvalue weighted by Crippen LogP contribution is 2.46. The van der Waals surface area contributed by atoms with Crippen LogP contribution in [-0.2, 0) is 42.9 Å². The molecule has 4 heterocycles. The summed E-state index contributed by atoms with van der Waals surface area (Å²) in [5.74, 6) is 1.12. The lowest BCUT2D eigenvalue weighted by Crippen LogP contribution is -2.49. The van der Waals surface area contributed by atoms with E-state index >= 15 is 0 Å². The molecule has 1 aromatic heterocycles. The molecular formula is C28H28F3N5O2. The Morgan fingerprint density at radius 1 is 1.18 bits per heavy atom. The molecule has 1 aliphatic carbocycles. The molecule has 0 spiro atoms. The van der Waals surface area contributed by atoms with Gasteiger partial charge in [0.05, 0.1) is 25.3 Å². The van der Waals surface area contributed by atoms with Gasteiger partial charge < -0.3 is 14.2 Å². The molecule has 0 unspecified atom stereocenters. The standard InChI is InChI=1S/C28H28F3N5O2/c1-34-16-32-33-25(34)11-27(14-38-15-27)19-3-2-4-20(10-19)36-13-22-21(26(36)37)7-17(8-23(22)28(29,30)31)12-35-6-5-18-9-24(18)35/h2-4,7-8,10,16,18,24H,5-6,9,11-15H2,1H3/t18-,24+/m0/s1. The molecule has 4 aliphatic rings. The normalized spacial score (nSPS) is 23.9. The van der Waals surface area contributed by atoms with Crippen LogP contribution in [-0.4, -0.2) is 51.4 Å². The number of fused-ring (bicyclic) bond motifs is 2. The van der Waals surface area contributed by atoms with E-state index in [4.69, 9.17) is 4.74 Å². The monoisotopic (exact) mass is 523 g/mol. The number of aromatic nitrogens is 3. The van der Waals surface area contributed by atoms with Crippen molar-refractivity contribution in [3.63, 3.8) is 0 Å². The zero-order chi connectivity index (χ0) is 26.2. The van der Waals surface area contributed by atoms with Crippen molar-refractivity contribution in [2.75, 3.05) is 24.7 Å². The second kappa shape index (κ2) is 8.38. The molecule has 0 bridgehead atoms. The minimum absolute atomic E-state index is 0.0585. The van der Waals surface area contributed by atoms with Crippen LogP contribution in [0.5, 0.6) is 0 Å². The molecule has 2 saturated heterocycles. The maximum absolute atomic E-state index is 14.2. The molecule has 3 fully saturated rings. The average molecular weight is 524 g/mol. The van der Waals surface area contributed by atoms with Gasteiger partial charge in [-0.3, -0.25) is 9.69 Å². The number of nitrogens with zero attached hydrogens (tertiary/aromatic N) is 5. The van der Waals surface area contributed by atoms with E-state index < -0.39 is 11.7 Å². The minimum Gasteiger partial charge on any atom is -0.379 e. The van der Waals surface area contributed by atoms with Crippen LogP contribution >= 0.6 is 0 Å². The first kappa shape index (κ1) is 23.8. The summed E-state index contributed by atoms with van der Waals surface area (Å²) < 4.78 is 50.0. The van der Waals surface area contributed by atoms with Gasteiger partial charge in [-0.1, -0.05) is 12.1 Å². The van der Waals surface area contributed by atoms with Crippen molar-refractivity contribution in [3.8, 4) is 0 Å².